The second-order valence-electron chi connectivity index (χ2n) is 13.0. The van der Waals surface area contributed by atoms with Gasteiger partial charge in [0.05, 0.1) is 0 Å². The quantitative estimate of drug-likeness (QED) is 0.541. The summed E-state index contributed by atoms with van der Waals surface area (Å²) in [5.74, 6) is 0.941. The molecule has 1 unspecified atom stereocenters. The van der Waals surface area contributed by atoms with Gasteiger partial charge in [0.15, 0.2) is 0 Å². The molecule has 1 aliphatic heterocycles. The zero-order valence-electron chi connectivity index (χ0n) is 21.8. The molecule has 7 heteroatoms. The van der Waals surface area contributed by atoms with Crippen molar-refractivity contribution in [3.63, 3.8) is 0 Å². The molecule has 3 fully saturated rings. The number of rotatable bonds is 2. The topological polar surface area (TPSA) is 75.2 Å². The number of nitrogens with one attached hydrogen (secondary N) is 1. The number of hydrogen-bond donors (Lipinski definition) is 1. The van der Waals surface area contributed by atoms with Crippen molar-refractivity contribution >= 4 is 28.3 Å². The maximum atomic E-state index is 13.5. The molecule has 0 radical (unpaired) electrons. The van der Waals surface area contributed by atoms with E-state index in [0.29, 0.717) is 28.8 Å². The molecular weight excluding hydrogens is 444 g/mol. The standard InChI is InChI=1S/C27H40N4O2S/c1-15-13-16-18-9-8-11-26(18,5)12-10-19(16)27(6)14-17(22(33)31(7)20(15)27)21(32)28-24-30-29-23(34-24)25(2,3)4/h16-19H,8-14H2,1-7H3,(H,28,30,32)/t16-,17?,18-,19+,26-,27+/m0/s1. The highest BCUT2D eigenvalue weighted by Gasteiger charge is 2.60. The number of hydrogen-bond acceptors (Lipinski definition) is 5. The van der Waals surface area contributed by atoms with Crippen molar-refractivity contribution in [2.24, 2.45) is 34.5 Å². The van der Waals surface area contributed by atoms with Gasteiger partial charge in [-0.2, -0.15) is 0 Å². The number of piperidine rings is 1. The Morgan fingerprint density at radius 1 is 1.15 bits per heavy atom. The SMILES string of the molecule is CC1=C2N(C)C(=O)C(C(=O)Nc3nnc(C(C)(C)C)s3)C[C@]2(C)[C@@H]2CC[C@]3(C)CCC[C@H]3[C@@H]2C1. The molecule has 1 N–H and O–H groups in total. The Morgan fingerprint density at radius 2 is 1.88 bits per heavy atom. The van der Waals surface area contributed by atoms with Gasteiger partial charge in [0.25, 0.3) is 0 Å². The van der Waals surface area contributed by atoms with Crippen LogP contribution in [0, 0.1) is 34.5 Å². The van der Waals surface area contributed by atoms with E-state index < -0.39 is 5.92 Å². The molecule has 3 aliphatic carbocycles. The van der Waals surface area contributed by atoms with E-state index in [4.69, 9.17) is 0 Å². The number of carbonyl (C=O) groups excluding carboxylic acids is 2. The summed E-state index contributed by atoms with van der Waals surface area (Å²) < 4.78 is 0. The Hall–Kier alpha value is -1.76. The van der Waals surface area contributed by atoms with Crippen LogP contribution in [0.5, 0.6) is 0 Å². The van der Waals surface area contributed by atoms with Crippen LogP contribution in [-0.2, 0) is 15.0 Å². The molecule has 2 saturated carbocycles. The summed E-state index contributed by atoms with van der Waals surface area (Å²) in [6, 6.07) is 0. The van der Waals surface area contributed by atoms with Gasteiger partial charge in [-0.1, -0.05) is 57.9 Å². The number of fused-ring (bicyclic) bond motifs is 5. The third-order valence-electron chi connectivity index (χ3n) is 9.73. The Labute approximate surface area is 208 Å². The number of aromatic nitrogens is 2. The predicted octanol–water partition coefficient (Wildman–Crippen LogP) is 5.77. The van der Waals surface area contributed by atoms with E-state index in [1.807, 2.05) is 11.9 Å². The minimum absolute atomic E-state index is 0.0927. The largest absolute Gasteiger partial charge is 0.318 e. The third-order valence-corrected chi connectivity index (χ3v) is 11.0. The molecule has 1 aromatic rings. The molecule has 2 heterocycles. The molecule has 1 aromatic heterocycles. The van der Waals surface area contributed by atoms with Crippen molar-refractivity contribution in [1.82, 2.24) is 15.1 Å². The number of anilines is 1. The van der Waals surface area contributed by atoms with Gasteiger partial charge in [-0.15, -0.1) is 10.2 Å². The van der Waals surface area contributed by atoms with Crippen molar-refractivity contribution in [3.05, 3.63) is 16.3 Å². The summed E-state index contributed by atoms with van der Waals surface area (Å²) in [6.07, 6.45) is 8.20. The number of allylic oxidation sites excluding steroid dienone is 2. The van der Waals surface area contributed by atoms with Gasteiger partial charge < -0.3 is 4.90 Å². The molecule has 2 amide bonds. The van der Waals surface area contributed by atoms with Crippen LogP contribution in [0.4, 0.5) is 5.13 Å². The average Bonchev–Trinajstić information content (AvgIpc) is 3.37. The number of nitrogens with zero attached hydrogens (tertiary/aromatic N) is 3. The van der Waals surface area contributed by atoms with Gasteiger partial charge in [0.2, 0.25) is 16.9 Å². The van der Waals surface area contributed by atoms with Crippen molar-refractivity contribution in [2.75, 3.05) is 12.4 Å². The summed E-state index contributed by atoms with van der Waals surface area (Å²) in [7, 11) is 1.88. The first-order valence-corrected chi connectivity index (χ1v) is 13.8. The smallest absolute Gasteiger partial charge is 0.239 e. The zero-order valence-corrected chi connectivity index (χ0v) is 22.6. The van der Waals surface area contributed by atoms with E-state index in [-0.39, 0.29) is 22.6 Å². The van der Waals surface area contributed by atoms with E-state index in [1.165, 1.54) is 54.7 Å². The highest BCUT2D eigenvalue weighted by Crippen LogP contribution is 2.65. The Bertz CT molecular complexity index is 1060. The van der Waals surface area contributed by atoms with Gasteiger partial charge in [-0.25, -0.2) is 0 Å². The molecule has 4 aliphatic rings. The normalized spacial score (nSPS) is 37.9. The molecular formula is C27H40N4O2S. The Morgan fingerprint density at radius 3 is 2.56 bits per heavy atom. The van der Waals surface area contributed by atoms with Crippen molar-refractivity contribution in [2.45, 2.75) is 91.9 Å². The Balaban J connectivity index is 1.44. The maximum Gasteiger partial charge on any atom is 0.239 e. The van der Waals surface area contributed by atoms with Crippen molar-refractivity contribution < 1.29 is 9.59 Å². The minimum atomic E-state index is -0.691. The summed E-state index contributed by atoms with van der Waals surface area (Å²) in [6.45, 7) is 13.3. The molecule has 5 rings (SSSR count). The highest BCUT2D eigenvalue weighted by molar-refractivity contribution is 7.15. The fraction of sp³-hybridized carbons (Fsp3) is 0.778. The summed E-state index contributed by atoms with van der Waals surface area (Å²) in [5.41, 5.74) is 2.74. The first-order valence-electron chi connectivity index (χ1n) is 13.0. The minimum Gasteiger partial charge on any atom is -0.318 e. The highest BCUT2D eigenvalue weighted by atomic mass is 32.1. The van der Waals surface area contributed by atoms with Gasteiger partial charge in [-0.3, -0.25) is 14.9 Å². The van der Waals surface area contributed by atoms with E-state index >= 15 is 0 Å². The monoisotopic (exact) mass is 484 g/mol. The van der Waals surface area contributed by atoms with Gasteiger partial charge in [0, 0.05) is 23.6 Å². The number of likely N-dealkylation sites (tertiary alicyclic amines) is 1. The lowest BCUT2D eigenvalue weighted by atomic mass is 9.48. The first-order chi connectivity index (χ1) is 15.8. The summed E-state index contributed by atoms with van der Waals surface area (Å²) in [5, 5.41) is 12.7. The van der Waals surface area contributed by atoms with Gasteiger partial charge in [0.1, 0.15) is 10.9 Å². The molecule has 34 heavy (non-hydrogen) atoms. The van der Waals surface area contributed by atoms with Crippen LogP contribution in [0.3, 0.4) is 0 Å². The maximum absolute atomic E-state index is 13.5. The van der Waals surface area contributed by atoms with E-state index in [9.17, 15) is 9.59 Å². The average molecular weight is 485 g/mol. The lowest BCUT2D eigenvalue weighted by Crippen LogP contribution is -2.57. The van der Waals surface area contributed by atoms with Crippen LogP contribution in [0.15, 0.2) is 11.3 Å². The zero-order chi connectivity index (χ0) is 24.6. The molecule has 6 nitrogen and oxygen atoms in total. The first kappa shape index (κ1) is 24.0. The van der Waals surface area contributed by atoms with E-state index in [0.717, 1.165) is 17.3 Å². The molecule has 0 spiro atoms. The molecule has 6 atom stereocenters. The lowest BCUT2D eigenvalue weighted by Gasteiger charge is -2.59. The Kier molecular flexibility index (Phi) is 5.55. The lowest BCUT2D eigenvalue weighted by molar-refractivity contribution is -0.147. The van der Waals surface area contributed by atoms with Crippen LogP contribution < -0.4 is 5.32 Å². The summed E-state index contributed by atoms with van der Waals surface area (Å²) in [4.78, 5) is 28.7. The fourth-order valence-electron chi connectivity index (χ4n) is 8.22. The second kappa shape index (κ2) is 7.87. The van der Waals surface area contributed by atoms with E-state index in [1.54, 1.807) is 0 Å². The van der Waals surface area contributed by atoms with E-state index in [2.05, 4.69) is 57.1 Å². The van der Waals surface area contributed by atoms with Crippen LogP contribution in [0.1, 0.15) is 91.5 Å². The molecule has 0 aromatic carbocycles. The predicted molar refractivity (Wildman–Crippen MR) is 135 cm³/mol. The van der Waals surface area contributed by atoms with Gasteiger partial charge >= 0.3 is 0 Å². The third kappa shape index (κ3) is 3.56. The van der Waals surface area contributed by atoms with Gasteiger partial charge in [-0.05, 0) is 68.6 Å². The molecule has 186 valence electrons. The number of carbonyl (C=O) groups is 2. The molecule has 1 saturated heterocycles. The molecule has 0 bridgehead atoms. The second-order valence-corrected chi connectivity index (χ2v) is 14.0. The van der Waals surface area contributed by atoms with Crippen molar-refractivity contribution in [3.8, 4) is 0 Å². The van der Waals surface area contributed by atoms with Crippen LogP contribution in [-0.4, -0.2) is 34.0 Å². The van der Waals surface area contributed by atoms with Crippen LogP contribution >= 0.6 is 11.3 Å². The van der Waals surface area contributed by atoms with Crippen LogP contribution in [0.2, 0.25) is 0 Å². The van der Waals surface area contributed by atoms with Crippen LogP contribution in [0.25, 0.3) is 0 Å². The van der Waals surface area contributed by atoms with Crippen molar-refractivity contribution in [1.29, 1.82) is 0 Å². The fourth-order valence-corrected chi connectivity index (χ4v) is 9.02. The summed E-state index contributed by atoms with van der Waals surface area (Å²) >= 11 is 1.40. The number of amides is 2.